The largest absolute Gasteiger partial charge is 0.481 e. The van der Waals surface area contributed by atoms with Crippen molar-refractivity contribution in [2.45, 2.75) is 75.2 Å². The molecule has 5 atom stereocenters. The van der Waals surface area contributed by atoms with Gasteiger partial charge in [0.1, 0.15) is 24.2 Å². The first-order valence-corrected chi connectivity index (χ1v) is 13.6. The second kappa shape index (κ2) is 16.5. The van der Waals surface area contributed by atoms with Crippen molar-refractivity contribution in [2.75, 3.05) is 6.54 Å². The third-order valence-electron chi connectivity index (χ3n) is 6.77. The summed E-state index contributed by atoms with van der Waals surface area (Å²) in [7, 11) is 0. The molecule has 0 aromatic heterocycles. The molecule has 0 saturated carbocycles. The zero-order valence-electron chi connectivity index (χ0n) is 23.6. The summed E-state index contributed by atoms with van der Waals surface area (Å²) in [6.45, 7) is 0.0881. The first-order chi connectivity index (χ1) is 20.7. The van der Waals surface area contributed by atoms with Crippen molar-refractivity contribution < 1.29 is 53.7 Å². The molecule has 17 heteroatoms. The molecule has 1 aliphatic rings. The summed E-state index contributed by atoms with van der Waals surface area (Å²) in [6, 6.07) is 1.08. The first kappa shape index (κ1) is 35.1. The van der Waals surface area contributed by atoms with Gasteiger partial charge in [0.15, 0.2) is 0 Å². The molecule has 0 spiro atoms. The quantitative estimate of drug-likeness (QED) is 0.0883. The van der Waals surface area contributed by atoms with Gasteiger partial charge in [-0.3, -0.25) is 33.6 Å². The monoisotopic (exact) mass is 620 g/mol. The van der Waals surface area contributed by atoms with Crippen molar-refractivity contribution in [3.05, 3.63) is 35.9 Å². The zero-order valence-corrected chi connectivity index (χ0v) is 23.6. The summed E-state index contributed by atoms with van der Waals surface area (Å²) in [4.78, 5) is 98.9. The molecule has 17 nitrogen and oxygen atoms in total. The average Bonchev–Trinajstić information content (AvgIpc) is 3.44. The molecule has 1 aliphatic heterocycles. The van der Waals surface area contributed by atoms with Crippen molar-refractivity contribution >= 4 is 47.4 Å². The Hall–Kier alpha value is -5.06. The van der Waals surface area contributed by atoms with Gasteiger partial charge in [-0.15, -0.1) is 0 Å². The molecule has 1 heterocycles. The van der Waals surface area contributed by atoms with Crippen LogP contribution in [0.4, 0.5) is 0 Å². The highest BCUT2D eigenvalue weighted by Gasteiger charge is 2.38. The van der Waals surface area contributed by atoms with Crippen molar-refractivity contribution in [2.24, 2.45) is 11.5 Å². The number of likely N-dealkylation sites (tertiary alicyclic amines) is 1. The molecular weight excluding hydrogens is 584 g/mol. The molecule has 1 aromatic carbocycles. The molecule has 1 fully saturated rings. The van der Waals surface area contributed by atoms with E-state index < -0.39 is 103 Å². The maximum Gasteiger partial charge on any atom is 0.326 e. The lowest BCUT2D eigenvalue weighted by molar-refractivity contribution is -0.144. The van der Waals surface area contributed by atoms with Crippen molar-refractivity contribution in [3.8, 4) is 0 Å². The average molecular weight is 621 g/mol. The van der Waals surface area contributed by atoms with Gasteiger partial charge in [0.25, 0.3) is 0 Å². The van der Waals surface area contributed by atoms with Gasteiger partial charge in [-0.05, 0) is 24.8 Å². The Morgan fingerprint density at radius 1 is 0.841 bits per heavy atom. The van der Waals surface area contributed by atoms with Crippen LogP contribution in [0.25, 0.3) is 0 Å². The fourth-order valence-electron chi connectivity index (χ4n) is 4.60. The van der Waals surface area contributed by atoms with Gasteiger partial charge in [0.05, 0.1) is 18.9 Å². The number of primary amides is 1. The highest BCUT2D eigenvalue weighted by Crippen LogP contribution is 2.19. The smallest absolute Gasteiger partial charge is 0.326 e. The molecule has 1 saturated heterocycles. The van der Waals surface area contributed by atoms with Crippen LogP contribution < -0.4 is 27.4 Å². The number of aliphatic carboxylic acids is 3. The third kappa shape index (κ3) is 11.0. The Labute approximate surface area is 251 Å². The van der Waals surface area contributed by atoms with E-state index in [-0.39, 0.29) is 19.4 Å². The number of rotatable bonds is 17. The number of amides is 5. The van der Waals surface area contributed by atoms with Crippen LogP contribution in [0.2, 0.25) is 0 Å². The fourth-order valence-corrected chi connectivity index (χ4v) is 4.60. The SMILES string of the molecule is NC(=O)C[C@H](NC(=O)[C@H](CCC(=O)O)NC(=O)[C@@H]1CCCN1C(=O)[C@@H](N)CC(=O)O)C(=O)N[C@@H](Cc1ccccc1)C(=O)O. The normalized spacial score (nSPS) is 16.9. The van der Waals surface area contributed by atoms with Gasteiger partial charge in [-0.1, -0.05) is 30.3 Å². The Morgan fingerprint density at radius 3 is 2.02 bits per heavy atom. The molecule has 10 N–H and O–H groups in total. The zero-order chi connectivity index (χ0) is 33.0. The Morgan fingerprint density at radius 2 is 1.45 bits per heavy atom. The van der Waals surface area contributed by atoms with Crippen LogP contribution >= 0.6 is 0 Å². The molecule has 240 valence electrons. The molecule has 0 unspecified atom stereocenters. The minimum atomic E-state index is -1.68. The van der Waals surface area contributed by atoms with Gasteiger partial charge < -0.3 is 47.6 Å². The van der Waals surface area contributed by atoms with E-state index in [0.717, 1.165) is 4.90 Å². The van der Waals surface area contributed by atoms with E-state index in [1.54, 1.807) is 30.3 Å². The van der Waals surface area contributed by atoms with Crippen LogP contribution in [-0.4, -0.2) is 104 Å². The standard InChI is InChI=1S/C27H36N6O11/c28-15(12-22(37)38)26(42)33-10-4-7-19(33)25(41)30-16(8-9-21(35)36)23(39)31-17(13-20(29)34)24(40)32-18(27(43)44)11-14-5-2-1-3-6-14/h1-3,5-6,15-19H,4,7-13,28H2,(H2,29,34)(H,30,41)(H,31,39)(H,32,40)(H,35,36)(H,37,38)(H,43,44)/t15-,16-,17-,18-,19-/m0/s1. The fraction of sp³-hybridized carbons (Fsp3) is 0.481. The van der Waals surface area contributed by atoms with Crippen LogP contribution in [0.5, 0.6) is 0 Å². The van der Waals surface area contributed by atoms with Crippen LogP contribution in [0.3, 0.4) is 0 Å². The molecule has 1 aromatic rings. The molecule has 2 rings (SSSR count). The number of carbonyl (C=O) groups is 8. The number of carbonyl (C=O) groups excluding carboxylic acids is 5. The number of carboxylic acids is 3. The van der Waals surface area contributed by atoms with Gasteiger partial charge in [0, 0.05) is 19.4 Å². The second-order valence-electron chi connectivity index (χ2n) is 10.2. The van der Waals surface area contributed by atoms with E-state index in [1.165, 1.54) is 0 Å². The summed E-state index contributed by atoms with van der Waals surface area (Å²) in [6.07, 6.45) is -2.09. The summed E-state index contributed by atoms with van der Waals surface area (Å²) < 4.78 is 0. The predicted octanol–water partition coefficient (Wildman–Crippen LogP) is -2.70. The molecular formula is C27H36N6O11. The maximum absolute atomic E-state index is 13.2. The molecule has 44 heavy (non-hydrogen) atoms. The lowest BCUT2D eigenvalue weighted by Crippen LogP contribution is -2.58. The first-order valence-electron chi connectivity index (χ1n) is 13.6. The third-order valence-corrected chi connectivity index (χ3v) is 6.77. The van der Waals surface area contributed by atoms with Crippen LogP contribution in [-0.2, 0) is 44.8 Å². The predicted molar refractivity (Wildman–Crippen MR) is 149 cm³/mol. The second-order valence-corrected chi connectivity index (χ2v) is 10.2. The number of carboxylic acid groups (broad SMARTS) is 3. The molecule has 0 radical (unpaired) electrons. The van der Waals surface area contributed by atoms with Gasteiger partial charge in [0.2, 0.25) is 29.5 Å². The number of benzene rings is 1. The van der Waals surface area contributed by atoms with E-state index in [0.29, 0.717) is 12.0 Å². The van der Waals surface area contributed by atoms with Crippen LogP contribution in [0, 0.1) is 0 Å². The number of hydrogen-bond donors (Lipinski definition) is 8. The summed E-state index contributed by atoms with van der Waals surface area (Å²) in [5, 5.41) is 34.6. The Kier molecular flexibility index (Phi) is 13.2. The van der Waals surface area contributed by atoms with Crippen molar-refractivity contribution in [1.29, 1.82) is 0 Å². The van der Waals surface area contributed by atoms with E-state index in [2.05, 4.69) is 16.0 Å². The maximum atomic E-state index is 13.2. The van der Waals surface area contributed by atoms with Crippen molar-refractivity contribution in [3.63, 3.8) is 0 Å². The number of nitrogens with two attached hydrogens (primary N) is 2. The minimum absolute atomic E-state index is 0.0881. The highest BCUT2D eigenvalue weighted by molar-refractivity contribution is 5.97. The lowest BCUT2D eigenvalue weighted by Gasteiger charge is -2.28. The van der Waals surface area contributed by atoms with E-state index in [4.69, 9.17) is 21.7 Å². The number of nitrogens with one attached hydrogen (secondary N) is 3. The summed E-state index contributed by atoms with van der Waals surface area (Å²) >= 11 is 0. The summed E-state index contributed by atoms with van der Waals surface area (Å²) in [5.41, 5.74) is 11.5. The van der Waals surface area contributed by atoms with E-state index in [9.17, 15) is 43.5 Å². The molecule has 0 aliphatic carbocycles. The molecule has 5 amide bonds. The topological polar surface area (TPSA) is 289 Å². The number of nitrogens with zero attached hydrogens (tertiary/aromatic N) is 1. The lowest BCUT2D eigenvalue weighted by atomic mass is 10.0. The van der Waals surface area contributed by atoms with Gasteiger partial charge in [-0.25, -0.2) is 4.79 Å². The summed E-state index contributed by atoms with van der Waals surface area (Å²) in [5.74, 6) is -8.84. The van der Waals surface area contributed by atoms with Gasteiger partial charge >= 0.3 is 17.9 Å². The van der Waals surface area contributed by atoms with Crippen molar-refractivity contribution in [1.82, 2.24) is 20.9 Å². The van der Waals surface area contributed by atoms with Crippen LogP contribution in [0.1, 0.15) is 44.1 Å². The molecule has 0 bridgehead atoms. The van der Waals surface area contributed by atoms with E-state index in [1.807, 2.05) is 0 Å². The van der Waals surface area contributed by atoms with Gasteiger partial charge in [-0.2, -0.15) is 0 Å². The van der Waals surface area contributed by atoms with E-state index >= 15 is 0 Å². The minimum Gasteiger partial charge on any atom is -0.481 e. The highest BCUT2D eigenvalue weighted by atomic mass is 16.4. The Bertz CT molecular complexity index is 1260. The Balaban J connectivity index is 2.20. The van der Waals surface area contributed by atoms with Crippen LogP contribution in [0.15, 0.2) is 30.3 Å². The number of hydrogen-bond acceptors (Lipinski definition) is 9.